The first-order valence-electron chi connectivity index (χ1n) is 9.53. The van der Waals surface area contributed by atoms with Crippen LogP contribution in [0.1, 0.15) is 29.9 Å². The lowest BCUT2D eigenvalue weighted by molar-refractivity contribution is -0.384. The van der Waals surface area contributed by atoms with E-state index < -0.39 is 10.8 Å². The van der Waals surface area contributed by atoms with Crippen molar-refractivity contribution in [2.24, 2.45) is 0 Å². The number of nitrogens with one attached hydrogen (secondary N) is 1. The zero-order valence-electron chi connectivity index (χ0n) is 16.5. The number of ether oxygens (including phenoxy) is 2. The Morgan fingerprint density at radius 1 is 1.33 bits per heavy atom. The number of fused-ring (bicyclic) bond motifs is 1. The fourth-order valence-corrected chi connectivity index (χ4v) is 3.31. The lowest BCUT2D eigenvalue weighted by atomic mass is 10.1. The predicted molar refractivity (Wildman–Crippen MR) is 110 cm³/mol. The molecule has 0 saturated heterocycles. The average molecular weight is 408 g/mol. The molecule has 30 heavy (non-hydrogen) atoms. The summed E-state index contributed by atoms with van der Waals surface area (Å²) in [5.41, 5.74) is 2.35. The highest BCUT2D eigenvalue weighted by Crippen LogP contribution is 2.38. The van der Waals surface area contributed by atoms with Gasteiger partial charge in [-0.25, -0.2) is 4.68 Å². The van der Waals surface area contributed by atoms with Gasteiger partial charge in [0.2, 0.25) is 0 Å². The number of amides is 1. The topological polar surface area (TPSA) is 109 Å². The first-order chi connectivity index (χ1) is 14.4. The van der Waals surface area contributed by atoms with Crippen molar-refractivity contribution >= 4 is 17.3 Å². The Balaban J connectivity index is 1.55. The van der Waals surface area contributed by atoms with E-state index in [2.05, 4.69) is 10.4 Å². The first kappa shape index (κ1) is 19.4. The van der Waals surface area contributed by atoms with E-state index in [0.29, 0.717) is 23.7 Å². The molecule has 0 saturated carbocycles. The van der Waals surface area contributed by atoms with Crippen molar-refractivity contribution in [3.63, 3.8) is 0 Å². The number of non-ortho nitro benzene ring substituents is 1. The molecule has 0 radical (unpaired) electrons. The van der Waals surface area contributed by atoms with Gasteiger partial charge in [-0.2, -0.15) is 5.10 Å². The second-order valence-electron chi connectivity index (χ2n) is 6.89. The standard InChI is InChI=1S/C21H20N4O5/c1-3-29-20-11-14-10-13(2)30-19(14)12-18(20)22-21(26)17-8-9-24(23-17)15-4-6-16(7-5-15)25(27)28/h4-9,11-13H,3,10H2,1-2H3,(H,22,26). The zero-order valence-corrected chi connectivity index (χ0v) is 16.5. The van der Waals surface area contributed by atoms with Crippen molar-refractivity contribution in [3.05, 3.63) is 70.0 Å². The molecule has 0 bridgehead atoms. The van der Waals surface area contributed by atoms with Crippen LogP contribution in [0.2, 0.25) is 0 Å². The SMILES string of the molecule is CCOc1cc2c(cc1NC(=O)c1ccn(-c3ccc([N+](=O)[O-])cc3)n1)OC(C)C2. The number of nitro benzene ring substituents is 1. The van der Waals surface area contributed by atoms with Crippen LogP contribution in [0.4, 0.5) is 11.4 Å². The predicted octanol–water partition coefficient (Wildman–Crippen LogP) is 3.75. The summed E-state index contributed by atoms with van der Waals surface area (Å²) in [6.45, 7) is 4.33. The van der Waals surface area contributed by atoms with Gasteiger partial charge in [-0.15, -0.1) is 0 Å². The normalized spacial score (nSPS) is 14.7. The van der Waals surface area contributed by atoms with Crippen LogP contribution in [-0.2, 0) is 6.42 Å². The number of hydrogen-bond donors (Lipinski definition) is 1. The third-order valence-electron chi connectivity index (χ3n) is 4.69. The minimum absolute atomic E-state index is 0.0135. The van der Waals surface area contributed by atoms with Gasteiger partial charge >= 0.3 is 0 Å². The van der Waals surface area contributed by atoms with E-state index in [0.717, 1.165) is 17.7 Å². The molecule has 4 rings (SSSR count). The fraction of sp³-hybridized carbons (Fsp3) is 0.238. The van der Waals surface area contributed by atoms with Gasteiger partial charge < -0.3 is 14.8 Å². The molecule has 1 aliphatic heterocycles. The van der Waals surface area contributed by atoms with Crippen molar-refractivity contribution < 1.29 is 19.2 Å². The maximum atomic E-state index is 12.8. The maximum Gasteiger partial charge on any atom is 0.276 e. The number of rotatable bonds is 6. The Morgan fingerprint density at radius 3 is 2.80 bits per heavy atom. The Hall–Kier alpha value is -3.88. The number of benzene rings is 2. The minimum Gasteiger partial charge on any atom is -0.492 e. The lowest BCUT2D eigenvalue weighted by Gasteiger charge is -2.13. The third kappa shape index (κ3) is 3.82. The third-order valence-corrected chi connectivity index (χ3v) is 4.69. The van der Waals surface area contributed by atoms with E-state index in [1.807, 2.05) is 19.9 Å². The second-order valence-corrected chi connectivity index (χ2v) is 6.89. The molecule has 2 aromatic carbocycles. The highest BCUT2D eigenvalue weighted by atomic mass is 16.6. The van der Waals surface area contributed by atoms with Crippen LogP contribution >= 0.6 is 0 Å². The molecule has 1 aromatic heterocycles. The van der Waals surface area contributed by atoms with Crippen LogP contribution in [-0.4, -0.2) is 33.3 Å². The molecule has 1 aliphatic rings. The van der Waals surface area contributed by atoms with Crippen molar-refractivity contribution in [1.29, 1.82) is 0 Å². The van der Waals surface area contributed by atoms with Crippen molar-refractivity contribution in [2.75, 3.05) is 11.9 Å². The molecule has 1 unspecified atom stereocenters. The molecule has 0 fully saturated rings. The molecule has 2 heterocycles. The Labute approximate surface area is 172 Å². The summed E-state index contributed by atoms with van der Waals surface area (Å²) >= 11 is 0. The summed E-state index contributed by atoms with van der Waals surface area (Å²) in [5, 5.41) is 17.9. The van der Waals surface area contributed by atoms with E-state index in [1.165, 1.54) is 16.8 Å². The molecule has 9 nitrogen and oxygen atoms in total. The second kappa shape index (κ2) is 7.86. The Bertz CT molecular complexity index is 1110. The lowest BCUT2D eigenvalue weighted by Crippen LogP contribution is -2.14. The molecular formula is C21H20N4O5. The fourth-order valence-electron chi connectivity index (χ4n) is 3.31. The summed E-state index contributed by atoms with van der Waals surface area (Å²) in [6, 6.07) is 11.1. The number of anilines is 1. The maximum absolute atomic E-state index is 12.8. The summed E-state index contributed by atoms with van der Waals surface area (Å²) < 4.78 is 13.0. The molecular weight excluding hydrogens is 388 g/mol. The molecule has 1 atom stereocenters. The van der Waals surface area contributed by atoms with Gasteiger partial charge in [-0.05, 0) is 38.1 Å². The van der Waals surface area contributed by atoms with Crippen LogP contribution in [0.25, 0.3) is 5.69 Å². The van der Waals surface area contributed by atoms with Gasteiger partial charge in [-0.1, -0.05) is 0 Å². The van der Waals surface area contributed by atoms with E-state index in [4.69, 9.17) is 9.47 Å². The highest BCUT2D eigenvalue weighted by molar-refractivity contribution is 6.03. The smallest absolute Gasteiger partial charge is 0.276 e. The minimum atomic E-state index is -0.469. The van der Waals surface area contributed by atoms with Gasteiger partial charge in [0.15, 0.2) is 5.69 Å². The van der Waals surface area contributed by atoms with E-state index in [1.54, 1.807) is 30.5 Å². The summed E-state index contributed by atoms with van der Waals surface area (Å²) in [7, 11) is 0. The molecule has 0 spiro atoms. The van der Waals surface area contributed by atoms with Crippen molar-refractivity contribution in [2.45, 2.75) is 26.4 Å². The van der Waals surface area contributed by atoms with Crippen LogP contribution < -0.4 is 14.8 Å². The van der Waals surface area contributed by atoms with Crippen molar-refractivity contribution in [1.82, 2.24) is 9.78 Å². The summed E-state index contributed by atoms with van der Waals surface area (Å²) in [6.07, 6.45) is 2.49. The van der Waals surface area contributed by atoms with E-state index in [9.17, 15) is 14.9 Å². The zero-order chi connectivity index (χ0) is 21.3. The van der Waals surface area contributed by atoms with Crippen LogP contribution in [0.5, 0.6) is 11.5 Å². The number of carbonyl (C=O) groups is 1. The average Bonchev–Trinajstić information content (AvgIpc) is 3.34. The van der Waals surface area contributed by atoms with Gasteiger partial charge in [0.05, 0.1) is 22.9 Å². The van der Waals surface area contributed by atoms with Gasteiger partial charge in [0.1, 0.15) is 17.6 Å². The summed E-state index contributed by atoms with van der Waals surface area (Å²) in [5.74, 6) is 0.914. The Morgan fingerprint density at radius 2 is 2.10 bits per heavy atom. The van der Waals surface area contributed by atoms with Crippen LogP contribution in [0.15, 0.2) is 48.7 Å². The van der Waals surface area contributed by atoms with Crippen LogP contribution in [0, 0.1) is 10.1 Å². The molecule has 3 aromatic rings. The van der Waals surface area contributed by atoms with Gasteiger partial charge in [0.25, 0.3) is 11.6 Å². The number of carbonyl (C=O) groups excluding carboxylic acids is 1. The van der Waals surface area contributed by atoms with Crippen LogP contribution in [0.3, 0.4) is 0 Å². The first-order valence-corrected chi connectivity index (χ1v) is 9.53. The number of hydrogen-bond acceptors (Lipinski definition) is 6. The largest absolute Gasteiger partial charge is 0.492 e. The van der Waals surface area contributed by atoms with Gasteiger partial charge in [-0.3, -0.25) is 14.9 Å². The number of nitrogens with zero attached hydrogens (tertiary/aromatic N) is 3. The highest BCUT2D eigenvalue weighted by Gasteiger charge is 2.23. The molecule has 1 amide bonds. The summed E-state index contributed by atoms with van der Waals surface area (Å²) in [4.78, 5) is 23.1. The molecule has 0 aliphatic carbocycles. The number of aromatic nitrogens is 2. The van der Waals surface area contributed by atoms with Gasteiger partial charge in [0, 0.05) is 36.4 Å². The number of nitro groups is 1. The van der Waals surface area contributed by atoms with E-state index >= 15 is 0 Å². The van der Waals surface area contributed by atoms with Crippen molar-refractivity contribution in [3.8, 4) is 17.2 Å². The Kier molecular flexibility index (Phi) is 5.09. The molecule has 154 valence electrons. The molecule has 9 heteroatoms. The molecule has 1 N–H and O–H groups in total. The van der Waals surface area contributed by atoms with E-state index in [-0.39, 0.29) is 17.5 Å². The quantitative estimate of drug-likeness (QED) is 0.491. The monoisotopic (exact) mass is 408 g/mol.